The van der Waals surface area contributed by atoms with E-state index in [1.54, 1.807) is 18.2 Å². The fraction of sp³-hybridized carbons (Fsp3) is 0.474. The SMILES string of the molecule is COc1ccc(NC(=O)COC(=O)CN2C(=O)NC3(CCCC3)C2=O)c(OC)c1. The minimum Gasteiger partial charge on any atom is -0.497 e. The average Bonchev–Trinajstić information content (AvgIpc) is 3.27. The van der Waals surface area contributed by atoms with Gasteiger partial charge in [-0.1, -0.05) is 12.8 Å². The van der Waals surface area contributed by atoms with Crippen molar-refractivity contribution in [2.75, 3.05) is 32.7 Å². The number of nitrogens with one attached hydrogen (secondary N) is 2. The molecule has 2 aliphatic rings. The second-order valence-corrected chi connectivity index (χ2v) is 6.89. The molecule has 1 aromatic carbocycles. The molecule has 1 spiro atoms. The summed E-state index contributed by atoms with van der Waals surface area (Å²) >= 11 is 0. The summed E-state index contributed by atoms with van der Waals surface area (Å²) in [7, 11) is 2.95. The number of rotatable bonds is 7. The van der Waals surface area contributed by atoms with Gasteiger partial charge in [-0.25, -0.2) is 4.79 Å². The molecule has 10 nitrogen and oxygen atoms in total. The molecule has 0 bridgehead atoms. The number of hydrogen-bond donors (Lipinski definition) is 2. The van der Waals surface area contributed by atoms with Crippen molar-refractivity contribution < 1.29 is 33.4 Å². The van der Waals surface area contributed by atoms with E-state index in [4.69, 9.17) is 14.2 Å². The lowest BCUT2D eigenvalue weighted by molar-refractivity contribution is -0.150. The highest BCUT2D eigenvalue weighted by Gasteiger charge is 2.52. The van der Waals surface area contributed by atoms with Crippen molar-refractivity contribution in [3.8, 4) is 11.5 Å². The van der Waals surface area contributed by atoms with Crippen molar-refractivity contribution in [2.45, 2.75) is 31.2 Å². The zero-order chi connectivity index (χ0) is 21.0. The molecule has 29 heavy (non-hydrogen) atoms. The molecule has 1 heterocycles. The maximum atomic E-state index is 12.5. The van der Waals surface area contributed by atoms with E-state index in [-0.39, 0.29) is 0 Å². The molecule has 1 saturated heterocycles. The van der Waals surface area contributed by atoms with Crippen LogP contribution in [0.25, 0.3) is 0 Å². The van der Waals surface area contributed by atoms with Gasteiger partial charge in [0.05, 0.1) is 19.9 Å². The van der Waals surface area contributed by atoms with Crippen molar-refractivity contribution >= 4 is 29.5 Å². The van der Waals surface area contributed by atoms with E-state index in [1.165, 1.54) is 14.2 Å². The van der Waals surface area contributed by atoms with Gasteiger partial charge in [-0.15, -0.1) is 0 Å². The van der Waals surface area contributed by atoms with E-state index in [9.17, 15) is 19.2 Å². The molecule has 10 heteroatoms. The molecule has 1 aromatic rings. The van der Waals surface area contributed by atoms with Gasteiger partial charge in [-0.3, -0.25) is 19.3 Å². The molecule has 1 aliphatic heterocycles. The normalized spacial score (nSPS) is 17.2. The third kappa shape index (κ3) is 4.25. The fourth-order valence-electron chi connectivity index (χ4n) is 3.55. The Balaban J connectivity index is 1.51. The Labute approximate surface area is 167 Å². The maximum absolute atomic E-state index is 12.5. The number of ether oxygens (including phenoxy) is 3. The van der Waals surface area contributed by atoms with Gasteiger partial charge < -0.3 is 24.8 Å². The van der Waals surface area contributed by atoms with E-state index in [0.717, 1.165) is 17.7 Å². The molecule has 2 fully saturated rings. The number of benzene rings is 1. The minimum atomic E-state index is -0.889. The lowest BCUT2D eigenvalue weighted by Gasteiger charge is -2.19. The van der Waals surface area contributed by atoms with Crippen LogP contribution in [0.15, 0.2) is 18.2 Å². The number of imide groups is 1. The Morgan fingerprint density at radius 1 is 1.17 bits per heavy atom. The topological polar surface area (TPSA) is 123 Å². The Hall–Kier alpha value is -3.30. The van der Waals surface area contributed by atoms with Crippen molar-refractivity contribution in [2.24, 2.45) is 0 Å². The number of carbonyl (C=O) groups excluding carboxylic acids is 4. The summed E-state index contributed by atoms with van der Waals surface area (Å²) in [6, 6.07) is 4.21. The summed E-state index contributed by atoms with van der Waals surface area (Å²) in [5, 5.41) is 5.24. The molecule has 0 unspecified atom stereocenters. The van der Waals surface area contributed by atoms with Gasteiger partial charge in [0.25, 0.3) is 11.8 Å². The Morgan fingerprint density at radius 3 is 2.55 bits per heavy atom. The standard InChI is InChI=1S/C19H23N3O7/c1-27-12-5-6-13(14(9-12)28-2)20-15(23)11-29-16(24)10-22-17(25)19(21-18(22)26)7-3-4-8-19/h5-6,9H,3-4,7-8,10-11H2,1-2H3,(H,20,23)(H,21,26). The summed E-state index contributed by atoms with van der Waals surface area (Å²) in [4.78, 5) is 49.5. The quantitative estimate of drug-likeness (QED) is 0.513. The lowest BCUT2D eigenvalue weighted by Crippen LogP contribution is -2.44. The van der Waals surface area contributed by atoms with E-state index in [2.05, 4.69) is 10.6 Å². The highest BCUT2D eigenvalue weighted by atomic mass is 16.5. The zero-order valence-corrected chi connectivity index (χ0v) is 16.3. The van der Waals surface area contributed by atoms with Crippen LogP contribution >= 0.6 is 0 Å². The average molecular weight is 405 g/mol. The van der Waals surface area contributed by atoms with Crippen LogP contribution in [0.2, 0.25) is 0 Å². The molecular formula is C19H23N3O7. The summed E-state index contributed by atoms with van der Waals surface area (Å²) in [6.07, 6.45) is 2.82. The number of hydrogen-bond acceptors (Lipinski definition) is 7. The number of anilines is 1. The predicted octanol–water partition coefficient (Wildman–Crippen LogP) is 1.05. The molecule has 2 N–H and O–H groups in total. The molecule has 1 saturated carbocycles. The molecule has 1 aliphatic carbocycles. The number of urea groups is 1. The van der Waals surface area contributed by atoms with Crippen LogP contribution in [0.1, 0.15) is 25.7 Å². The van der Waals surface area contributed by atoms with Crippen molar-refractivity contribution in [1.29, 1.82) is 0 Å². The molecular weight excluding hydrogens is 382 g/mol. The van der Waals surface area contributed by atoms with Crippen LogP contribution in [0, 0.1) is 0 Å². The summed E-state index contributed by atoms with van der Waals surface area (Å²) < 4.78 is 15.2. The Morgan fingerprint density at radius 2 is 1.90 bits per heavy atom. The second-order valence-electron chi connectivity index (χ2n) is 6.89. The van der Waals surface area contributed by atoms with Crippen LogP contribution in [-0.4, -0.2) is 61.6 Å². The number of methoxy groups -OCH3 is 2. The fourth-order valence-corrected chi connectivity index (χ4v) is 3.55. The van der Waals surface area contributed by atoms with Crippen LogP contribution < -0.4 is 20.1 Å². The zero-order valence-electron chi connectivity index (χ0n) is 16.3. The number of carbonyl (C=O) groups is 4. The highest BCUT2D eigenvalue weighted by Crippen LogP contribution is 2.35. The van der Waals surface area contributed by atoms with E-state index < -0.39 is 42.5 Å². The van der Waals surface area contributed by atoms with E-state index in [0.29, 0.717) is 30.0 Å². The molecule has 4 amide bonds. The summed E-state index contributed by atoms with van der Waals surface area (Å²) in [6.45, 7) is -1.10. The van der Waals surface area contributed by atoms with Gasteiger partial charge in [0.15, 0.2) is 6.61 Å². The van der Waals surface area contributed by atoms with Gasteiger partial charge in [-0.2, -0.15) is 0 Å². The van der Waals surface area contributed by atoms with Gasteiger partial charge >= 0.3 is 12.0 Å². The number of amides is 4. The first kappa shape index (κ1) is 20.4. The molecule has 0 radical (unpaired) electrons. The molecule has 0 aromatic heterocycles. The number of nitrogens with zero attached hydrogens (tertiary/aromatic N) is 1. The predicted molar refractivity (Wildman–Crippen MR) is 101 cm³/mol. The lowest BCUT2D eigenvalue weighted by atomic mass is 9.98. The first-order valence-electron chi connectivity index (χ1n) is 9.20. The Bertz CT molecular complexity index is 833. The summed E-state index contributed by atoms with van der Waals surface area (Å²) in [5.74, 6) is -0.916. The largest absolute Gasteiger partial charge is 0.497 e. The third-order valence-electron chi connectivity index (χ3n) is 5.04. The van der Waals surface area contributed by atoms with Crippen molar-refractivity contribution in [3.05, 3.63) is 18.2 Å². The summed E-state index contributed by atoms with van der Waals surface area (Å²) in [5.41, 5.74) is -0.508. The Kier molecular flexibility index (Phi) is 5.90. The molecule has 156 valence electrons. The van der Waals surface area contributed by atoms with Gasteiger partial charge in [0.1, 0.15) is 23.6 Å². The smallest absolute Gasteiger partial charge is 0.326 e. The van der Waals surface area contributed by atoms with Crippen LogP contribution in [0.5, 0.6) is 11.5 Å². The second kappa shape index (κ2) is 8.38. The van der Waals surface area contributed by atoms with Gasteiger partial charge in [0.2, 0.25) is 0 Å². The van der Waals surface area contributed by atoms with Crippen molar-refractivity contribution in [1.82, 2.24) is 10.2 Å². The van der Waals surface area contributed by atoms with E-state index >= 15 is 0 Å². The maximum Gasteiger partial charge on any atom is 0.326 e. The van der Waals surface area contributed by atoms with Crippen LogP contribution in [0.3, 0.4) is 0 Å². The van der Waals surface area contributed by atoms with Gasteiger partial charge in [0, 0.05) is 6.07 Å². The monoisotopic (exact) mass is 405 g/mol. The van der Waals surface area contributed by atoms with Crippen LogP contribution in [0.4, 0.5) is 10.5 Å². The van der Waals surface area contributed by atoms with Gasteiger partial charge in [-0.05, 0) is 25.0 Å². The van der Waals surface area contributed by atoms with E-state index in [1.807, 2.05) is 0 Å². The first-order chi connectivity index (χ1) is 13.9. The third-order valence-corrected chi connectivity index (χ3v) is 5.04. The first-order valence-corrected chi connectivity index (χ1v) is 9.20. The highest BCUT2D eigenvalue weighted by molar-refractivity contribution is 6.09. The van der Waals surface area contributed by atoms with Crippen molar-refractivity contribution in [3.63, 3.8) is 0 Å². The molecule has 0 atom stereocenters. The number of esters is 1. The minimum absolute atomic E-state index is 0.380. The van der Waals surface area contributed by atoms with Crippen LogP contribution in [-0.2, 0) is 19.1 Å². The molecule has 3 rings (SSSR count).